The van der Waals surface area contributed by atoms with Crippen molar-refractivity contribution in [2.45, 2.75) is 105 Å². The summed E-state index contributed by atoms with van der Waals surface area (Å²) < 4.78 is 0. The molecule has 0 amide bonds. The Labute approximate surface area is 492 Å². The van der Waals surface area contributed by atoms with Gasteiger partial charge in [0.05, 0.1) is 0 Å². The molecule has 0 atom stereocenters. The second-order valence-corrected chi connectivity index (χ2v) is 29.2. The molecule has 0 heterocycles. The number of fused-ring (bicyclic) bond motifs is 11. The Morgan fingerprint density at radius 3 is 0.952 bits per heavy atom. The first-order valence-corrected chi connectivity index (χ1v) is 30.6. The summed E-state index contributed by atoms with van der Waals surface area (Å²) in [6.45, 7) is 28.3. The Balaban J connectivity index is 1.07. The van der Waals surface area contributed by atoms with Gasteiger partial charge in [-0.2, -0.15) is 0 Å². The van der Waals surface area contributed by atoms with Crippen molar-refractivity contribution in [1.82, 2.24) is 0 Å². The minimum Gasteiger partial charge on any atom is -0.0616 e. The van der Waals surface area contributed by atoms with Crippen molar-refractivity contribution in [2.24, 2.45) is 0 Å². The van der Waals surface area contributed by atoms with E-state index in [4.69, 9.17) is 0 Å². The van der Waals surface area contributed by atoms with E-state index < -0.39 is 0 Å². The summed E-state index contributed by atoms with van der Waals surface area (Å²) in [5, 5.41) is 31.6. The summed E-state index contributed by atoms with van der Waals surface area (Å²) in [4.78, 5) is 0. The summed E-state index contributed by atoms with van der Waals surface area (Å²) in [6, 6.07) is 77.3. The topological polar surface area (TPSA) is 0 Å². The van der Waals surface area contributed by atoms with Crippen LogP contribution in [0.1, 0.15) is 105 Å². The van der Waals surface area contributed by atoms with Crippen molar-refractivity contribution in [3.63, 3.8) is 0 Å². The summed E-state index contributed by atoms with van der Waals surface area (Å²) >= 11 is 0. The molecule has 0 saturated heterocycles. The fraction of sp³-hybridized carbons (Fsp3) is 0.190. The van der Waals surface area contributed by atoms with Gasteiger partial charge in [0.15, 0.2) is 0 Å². The van der Waals surface area contributed by atoms with E-state index in [0.717, 1.165) is 0 Å². The number of hydrogen-bond donors (Lipinski definition) is 0. The van der Waals surface area contributed by atoms with Crippen molar-refractivity contribution in [1.29, 1.82) is 0 Å². The largest absolute Gasteiger partial charge is 0.0616 e. The van der Waals surface area contributed by atoms with Gasteiger partial charge in [-0.25, -0.2) is 0 Å². The Morgan fingerprint density at radius 2 is 0.524 bits per heavy atom. The Morgan fingerprint density at radius 1 is 0.179 bits per heavy atom. The lowest BCUT2D eigenvalue weighted by atomic mass is 9.77. The summed E-state index contributed by atoms with van der Waals surface area (Å²) in [5.74, 6) is 0. The average Bonchev–Trinajstić information content (AvgIpc) is 1.33. The van der Waals surface area contributed by atoms with Crippen LogP contribution in [0.5, 0.6) is 0 Å². The van der Waals surface area contributed by atoms with Crippen LogP contribution in [-0.4, -0.2) is 0 Å². The summed E-state index contributed by atoms with van der Waals surface area (Å²) in [5.41, 5.74) is 15.8. The first-order chi connectivity index (χ1) is 40.2. The standard InChI is InChI=1S/C84H68/c1-81(2,3)50-34-48-36-52(83(7,8)9)43-69-62-32-30-60(56-25-17-27-58(74(56)62)67(41-50)72(48)69)77-65-38-45-20-13-14-21-46(45)39-66(65)78(80-71-40-47-22-15-16-23-54(47)55-24-19-29-64(76(55)71)79(77)80)61-31-33-63-70-44-53(84(10,11)12)37-49-35-51(82(4,5)6)42-68(73(49)70)59-28-18-26-57(61)75(59)63/h13-44H,1-12H3. The van der Waals surface area contributed by atoms with Crippen LogP contribution in [-0.2, 0) is 21.7 Å². The third kappa shape index (κ3) is 6.77. The fourth-order valence-corrected chi connectivity index (χ4v) is 15.6. The van der Waals surface area contributed by atoms with Crippen molar-refractivity contribution in [3.05, 3.63) is 216 Å². The molecule has 16 aromatic carbocycles. The van der Waals surface area contributed by atoms with E-state index in [1.807, 2.05) is 0 Å². The molecule has 16 aromatic rings. The van der Waals surface area contributed by atoms with Gasteiger partial charge in [-0.15, -0.1) is 0 Å². The Kier molecular flexibility index (Phi) is 9.76. The molecule has 84 heavy (non-hydrogen) atoms. The minimum atomic E-state index is -0.0307. The van der Waals surface area contributed by atoms with Gasteiger partial charge in [0, 0.05) is 0 Å². The molecule has 0 aliphatic heterocycles. The zero-order chi connectivity index (χ0) is 57.4. The van der Waals surface area contributed by atoms with E-state index in [-0.39, 0.29) is 21.7 Å². The monoisotopic (exact) mass is 1080 g/mol. The van der Waals surface area contributed by atoms with Crippen LogP contribution in [0.2, 0.25) is 0 Å². The number of hydrogen-bond acceptors (Lipinski definition) is 0. The van der Waals surface area contributed by atoms with Crippen LogP contribution in [0.3, 0.4) is 0 Å². The molecule has 17 rings (SSSR count). The smallest absolute Gasteiger partial charge is 0.000696 e. The molecule has 404 valence electrons. The second kappa shape index (κ2) is 16.5. The molecule has 1 aliphatic rings. The van der Waals surface area contributed by atoms with Crippen LogP contribution >= 0.6 is 0 Å². The van der Waals surface area contributed by atoms with Crippen LogP contribution in [0.4, 0.5) is 0 Å². The number of benzene rings is 16. The second-order valence-electron chi connectivity index (χ2n) is 29.2. The fourth-order valence-electron chi connectivity index (χ4n) is 15.6. The van der Waals surface area contributed by atoms with Crippen LogP contribution in [0.25, 0.3) is 174 Å². The highest BCUT2D eigenvalue weighted by Gasteiger charge is 2.34. The minimum absolute atomic E-state index is 0.0301. The predicted octanol–water partition coefficient (Wildman–Crippen LogP) is 24.6. The Hall–Kier alpha value is -8.84. The molecule has 0 radical (unpaired) electrons. The van der Waals surface area contributed by atoms with Crippen molar-refractivity contribution >= 4 is 129 Å². The molecule has 0 unspecified atom stereocenters. The first-order valence-electron chi connectivity index (χ1n) is 30.6. The van der Waals surface area contributed by atoms with Crippen molar-refractivity contribution in [2.75, 3.05) is 0 Å². The lowest BCUT2D eigenvalue weighted by molar-refractivity contribution is 0.589. The molecule has 0 spiro atoms. The molecule has 0 heteroatoms. The molecule has 0 aromatic heterocycles. The van der Waals surface area contributed by atoms with Crippen molar-refractivity contribution < 1.29 is 0 Å². The normalized spacial score (nSPS) is 13.5. The molecular formula is C84H68. The van der Waals surface area contributed by atoms with Crippen LogP contribution < -0.4 is 0 Å². The van der Waals surface area contributed by atoms with Crippen LogP contribution in [0.15, 0.2) is 194 Å². The van der Waals surface area contributed by atoms with Gasteiger partial charge in [-0.3, -0.25) is 0 Å². The maximum absolute atomic E-state index is 2.55. The molecule has 0 fully saturated rings. The van der Waals surface area contributed by atoms with Gasteiger partial charge in [0.2, 0.25) is 0 Å². The van der Waals surface area contributed by atoms with Gasteiger partial charge < -0.3 is 0 Å². The highest BCUT2D eigenvalue weighted by Crippen LogP contribution is 2.61. The number of rotatable bonds is 2. The lowest BCUT2D eigenvalue weighted by Crippen LogP contribution is -2.12. The van der Waals surface area contributed by atoms with E-state index in [1.54, 1.807) is 0 Å². The summed E-state index contributed by atoms with van der Waals surface area (Å²) in [7, 11) is 0. The molecular weight excluding hydrogens is 1010 g/mol. The highest BCUT2D eigenvalue weighted by atomic mass is 14.4. The molecule has 0 N–H and O–H groups in total. The van der Waals surface area contributed by atoms with E-state index in [0.29, 0.717) is 0 Å². The predicted molar refractivity (Wildman–Crippen MR) is 369 cm³/mol. The first kappa shape index (κ1) is 49.7. The Bertz CT molecular complexity index is 5480. The van der Waals surface area contributed by atoms with Crippen LogP contribution in [0, 0.1) is 0 Å². The van der Waals surface area contributed by atoms with Gasteiger partial charge in [0.1, 0.15) is 0 Å². The SMILES string of the molecule is CC(C)(C)c1cc2cc(C(C)(C)C)cc3c4ccc(-c5c6c(c(-c7ccc8c9cc(C(C)(C)C)cc%10cc(C(C)(C)C)cc(c%11cccc7c%118)c%109)c7cc8ccccc8cc57)-c5cc7ccccc7c7cccc-6c57)c5cccc(c(c1)c23)c54. The maximum Gasteiger partial charge on any atom is -0.000696 e. The van der Waals surface area contributed by atoms with Crippen molar-refractivity contribution in [3.8, 4) is 44.5 Å². The zero-order valence-corrected chi connectivity index (χ0v) is 50.5. The zero-order valence-electron chi connectivity index (χ0n) is 50.5. The van der Waals surface area contributed by atoms with Gasteiger partial charge in [0.25, 0.3) is 0 Å². The van der Waals surface area contributed by atoms with E-state index in [2.05, 4.69) is 277 Å². The molecule has 1 aliphatic carbocycles. The third-order valence-electron chi connectivity index (χ3n) is 19.9. The van der Waals surface area contributed by atoms with Gasteiger partial charge >= 0.3 is 0 Å². The molecule has 0 saturated carbocycles. The maximum atomic E-state index is 2.55. The average molecular weight is 1080 g/mol. The van der Waals surface area contributed by atoms with E-state index in [1.165, 1.54) is 196 Å². The van der Waals surface area contributed by atoms with Gasteiger partial charge in [-0.1, -0.05) is 235 Å². The highest BCUT2D eigenvalue weighted by molar-refractivity contribution is 6.39. The summed E-state index contributed by atoms with van der Waals surface area (Å²) in [6.07, 6.45) is 0. The molecule has 0 bridgehead atoms. The lowest BCUT2D eigenvalue weighted by Gasteiger charge is -2.26. The quantitative estimate of drug-likeness (QED) is 0.120. The van der Waals surface area contributed by atoms with Gasteiger partial charge in [-0.05, 0) is 260 Å². The van der Waals surface area contributed by atoms with E-state index >= 15 is 0 Å². The molecule has 0 nitrogen and oxygen atoms in total. The third-order valence-corrected chi connectivity index (χ3v) is 19.9. The van der Waals surface area contributed by atoms with E-state index in [9.17, 15) is 0 Å².